The lowest BCUT2D eigenvalue weighted by Gasteiger charge is -2.28. The van der Waals surface area contributed by atoms with Crippen LogP contribution in [0.4, 0.5) is 18.9 Å². The van der Waals surface area contributed by atoms with Crippen molar-refractivity contribution < 1.29 is 22.8 Å². The van der Waals surface area contributed by atoms with Gasteiger partial charge in [-0.05, 0) is 56.2 Å². The van der Waals surface area contributed by atoms with E-state index >= 15 is 0 Å². The molecule has 0 aromatic heterocycles. The van der Waals surface area contributed by atoms with Crippen LogP contribution in [0, 0.1) is 12.8 Å². The number of amides is 2. The number of halogens is 3. The SMILES string of the molecule is Cc1ccc(C(=O)NCC(F)(F)F)cc1NC(=O)CC1CC2CCC(C1)N2. The minimum Gasteiger partial charge on any atom is -0.343 e. The third-order valence-electron chi connectivity index (χ3n) is 5.27. The van der Waals surface area contributed by atoms with Crippen LogP contribution in [-0.4, -0.2) is 36.6 Å². The number of hydrogen-bond donors (Lipinski definition) is 3. The van der Waals surface area contributed by atoms with E-state index in [0.29, 0.717) is 30.1 Å². The number of alkyl halides is 3. The first kappa shape index (κ1) is 19.7. The zero-order valence-corrected chi connectivity index (χ0v) is 15.2. The Hall–Kier alpha value is -2.09. The second-order valence-corrected chi connectivity index (χ2v) is 7.56. The number of fused-ring (bicyclic) bond motifs is 2. The molecule has 27 heavy (non-hydrogen) atoms. The van der Waals surface area contributed by atoms with Gasteiger partial charge in [-0.25, -0.2) is 0 Å². The second-order valence-electron chi connectivity index (χ2n) is 7.56. The molecule has 2 amide bonds. The number of anilines is 1. The molecule has 2 saturated heterocycles. The van der Waals surface area contributed by atoms with Crippen LogP contribution in [-0.2, 0) is 4.79 Å². The van der Waals surface area contributed by atoms with Crippen LogP contribution in [0.15, 0.2) is 18.2 Å². The largest absolute Gasteiger partial charge is 0.405 e. The van der Waals surface area contributed by atoms with Crippen molar-refractivity contribution in [2.45, 2.75) is 57.3 Å². The normalized spacial score (nSPS) is 24.5. The van der Waals surface area contributed by atoms with Gasteiger partial charge < -0.3 is 16.0 Å². The Morgan fingerprint density at radius 3 is 2.48 bits per heavy atom. The van der Waals surface area contributed by atoms with Gasteiger partial charge in [-0.3, -0.25) is 9.59 Å². The molecule has 148 valence electrons. The van der Waals surface area contributed by atoms with Gasteiger partial charge in [-0.1, -0.05) is 6.07 Å². The first-order valence-electron chi connectivity index (χ1n) is 9.21. The number of carbonyl (C=O) groups excluding carboxylic acids is 2. The van der Waals surface area contributed by atoms with Gasteiger partial charge in [-0.2, -0.15) is 13.2 Å². The van der Waals surface area contributed by atoms with Crippen molar-refractivity contribution in [1.82, 2.24) is 10.6 Å². The molecule has 0 saturated carbocycles. The van der Waals surface area contributed by atoms with Gasteiger partial charge in [0.15, 0.2) is 0 Å². The molecule has 1 aromatic rings. The molecule has 1 aromatic carbocycles. The number of carbonyl (C=O) groups is 2. The molecule has 2 fully saturated rings. The van der Waals surface area contributed by atoms with E-state index in [0.717, 1.165) is 31.2 Å². The first-order valence-corrected chi connectivity index (χ1v) is 9.21. The molecule has 2 unspecified atom stereocenters. The van der Waals surface area contributed by atoms with Gasteiger partial charge in [0.05, 0.1) is 0 Å². The van der Waals surface area contributed by atoms with Crippen molar-refractivity contribution in [2.24, 2.45) is 5.92 Å². The van der Waals surface area contributed by atoms with E-state index in [1.54, 1.807) is 13.0 Å². The molecule has 8 heteroatoms. The monoisotopic (exact) mass is 383 g/mol. The number of benzene rings is 1. The van der Waals surface area contributed by atoms with Crippen LogP contribution in [0.5, 0.6) is 0 Å². The summed E-state index contributed by atoms with van der Waals surface area (Å²) in [6.45, 7) is 0.386. The van der Waals surface area contributed by atoms with Gasteiger partial charge >= 0.3 is 6.18 Å². The summed E-state index contributed by atoms with van der Waals surface area (Å²) in [6.07, 6.45) is 0.254. The standard InChI is InChI=1S/C19H24F3N3O2/c1-11-2-3-13(18(27)23-10-19(20,21)22)9-16(11)25-17(26)8-12-6-14-4-5-15(7-12)24-14/h2-3,9,12,14-15,24H,4-8,10H2,1H3,(H,23,27)(H,25,26). The molecule has 2 atom stereocenters. The summed E-state index contributed by atoms with van der Waals surface area (Å²) in [7, 11) is 0. The van der Waals surface area contributed by atoms with Crippen molar-refractivity contribution in [1.29, 1.82) is 0 Å². The minimum atomic E-state index is -4.47. The molecule has 2 heterocycles. The van der Waals surface area contributed by atoms with E-state index < -0.39 is 18.6 Å². The number of nitrogens with one attached hydrogen (secondary N) is 3. The summed E-state index contributed by atoms with van der Waals surface area (Å²) in [6, 6.07) is 5.49. The molecule has 0 radical (unpaired) electrons. The maximum absolute atomic E-state index is 12.4. The highest BCUT2D eigenvalue weighted by Gasteiger charge is 2.34. The molecule has 3 N–H and O–H groups in total. The Morgan fingerprint density at radius 1 is 1.19 bits per heavy atom. The Labute approximate surface area is 156 Å². The molecule has 0 aliphatic carbocycles. The van der Waals surface area contributed by atoms with E-state index in [1.165, 1.54) is 12.1 Å². The third-order valence-corrected chi connectivity index (χ3v) is 5.27. The Morgan fingerprint density at radius 2 is 1.85 bits per heavy atom. The van der Waals surface area contributed by atoms with Crippen LogP contribution in [0.25, 0.3) is 0 Å². The predicted molar refractivity (Wildman–Crippen MR) is 95.5 cm³/mol. The van der Waals surface area contributed by atoms with E-state index in [9.17, 15) is 22.8 Å². The van der Waals surface area contributed by atoms with Gasteiger partial charge in [-0.15, -0.1) is 0 Å². The van der Waals surface area contributed by atoms with Crippen LogP contribution in [0.3, 0.4) is 0 Å². The van der Waals surface area contributed by atoms with Gasteiger partial charge in [0.2, 0.25) is 5.91 Å². The zero-order valence-electron chi connectivity index (χ0n) is 15.2. The van der Waals surface area contributed by atoms with Crippen molar-refractivity contribution in [3.63, 3.8) is 0 Å². The summed E-state index contributed by atoms with van der Waals surface area (Å²) < 4.78 is 36.8. The topological polar surface area (TPSA) is 70.2 Å². The number of rotatable bonds is 5. The molecular weight excluding hydrogens is 359 g/mol. The van der Waals surface area contributed by atoms with Crippen molar-refractivity contribution in [3.8, 4) is 0 Å². The predicted octanol–water partition coefficient (Wildman–Crippen LogP) is 3.15. The van der Waals surface area contributed by atoms with Crippen molar-refractivity contribution >= 4 is 17.5 Å². The van der Waals surface area contributed by atoms with E-state index in [4.69, 9.17) is 0 Å². The summed E-state index contributed by atoms with van der Waals surface area (Å²) in [5, 5.41) is 8.19. The number of piperidine rings is 1. The van der Waals surface area contributed by atoms with E-state index in [2.05, 4.69) is 10.6 Å². The number of hydrogen-bond acceptors (Lipinski definition) is 3. The van der Waals surface area contributed by atoms with E-state index in [1.807, 2.05) is 5.32 Å². The fourth-order valence-electron chi connectivity index (χ4n) is 3.99. The first-order chi connectivity index (χ1) is 12.7. The van der Waals surface area contributed by atoms with Crippen LogP contribution in [0.2, 0.25) is 0 Å². The number of aryl methyl sites for hydroxylation is 1. The lowest BCUT2D eigenvalue weighted by Crippen LogP contribution is -2.39. The van der Waals surface area contributed by atoms with E-state index in [-0.39, 0.29) is 11.5 Å². The van der Waals surface area contributed by atoms with Crippen LogP contribution < -0.4 is 16.0 Å². The molecular formula is C19H24F3N3O2. The fraction of sp³-hybridized carbons (Fsp3) is 0.579. The quantitative estimate of drug-likeness (QED) is 0.732. The van der Waals surface area contributed by atoms with Gasteiger partial charge in [0.25, 0.3) is 5.91 Å². The summed E-state index contributed by atoms with van der Waals surface area (Å²) in [5.74, 6) is -0.614. The second kappa shape index (κ2) is 7.88. The molecule has 2 bridgehead atoms. The molecule has 2 aliphatic heterocycles. The third kappa shape index (κ3) is 5.45. The zero-order chi connectivity index (χ0) is 19.6. The lowest BCUT2D eigenvalue weighted by atomic mass is 9.89. The summed E-state index contributed by atoms with van der Waals surface area (Å²) in [5.41, 5.74) is 1.29. The fourth-order valence-corrected chi connectivity index (χ4v) is 3.99. The highest BCUT2D eigenvalue weighted by Crippen LogP contribution is 2.33. The molecule has 2 aliphatic rings. The Bertz CT molecular complexity index is 709. The molecule has 5 nitrogen and oxygen atoms in total. The molecule has 0 spiro atoms. The average molecular weight is 383 g/mol. The average Bonchev–Trinajstić information content (AvgIpc) is 2.92. The van der Waals surface area contributed by atoms with Gasteiger partial charge in [0, 0.05) is 29.8 Å². The highest BCUT2D eigenvalue weighted by atomic mass is 19.4. The summed E-state index contributed by atoms with van der Waals surface area (Å²) >= 11 is 0. The Kier molecular flexibility index (Phi) is 5.74. The maximum Gasteiger partial charge on any atom is 0.405 e. The smallest absolute Gasteiger partial charge is 0.343 e. The minimum absolute atomic E-state index is 0.0834. The maximum atomic E-state index is 12.4. The van der Waals surface area contributed by atoms with Gasteiger partial charge in [0.1, 0.15) is 6.54 Å². The van der Waals surface area contributed by atoms with Crippen molar-refractivity contribution in [3.05, 3.63) is 29.3 Å². The van der Waals surface area contributed by atoms with Crippen molar-refractivity contribution in [2.75, 3.05) is 11.9 Å². The molecule has 3 rings (SSSR count). The highest BCUT2D eigenvalue weighted by molar-refractivity contribution is 5.97. The Balaban J connectivity index is 1.59. The van der Waals surface area contributed by atoms with Crippen LogP contribution in [0.1, 0.15) is 48.0 Å². The summed E-state index contributed by atoms with van der Waals surface area (Å²) in [4.78, 5) is 24.3. The lowest BCUT2D eigenvalue weighted by molar-refractivity contribution is -0.123. The van der Waals surface area contributed by atoms with Crippen LogP contribution >= 0.6 is 0 Å².